The van der Waals surface area contributed by atoms with E-state index in [0.717, 1.165) is 50.8 Å². The first-order valence-corrected chi connectivity index (χ1v) is 7.17. The number of rotatable bonds is 4. The second-order valence-corrected chi connectivity index (χ2v) is 5.52. The first-order valence-electron chi connectivity index (χ1n) is 7.17. The smallest absolute Gasteiger partial charge is 0.167 e. The molecule has 0 unspecified atom stereocenters. The van der Waals surface area contributed by atoms with Crippen molar-refractivity contribution in [1.82, 2.24) is 20.1 Å². The number of H-pyrrole nitrogens is 1. The molecule has 1 N–H and O–H groups in total. The molecule has 0 aromatic carbocycles. The third kappa shape index (κ3) is 2.92. The molecule has 2 aliphatic heterocycles. The maximum Gasteiger partial charge on any atom is 0.167 e. The molecule has 3 rings (SSSR count). The highest BCUT2D eigenvalue weighted by Gasteiger charge is 2.35. The summed E-state index contributed by atoms with van der Waals surface area (Å²) in [5.74, 6) is 1.74. The van der Waals surface area contributed by atoms with Crippen molar-refractivity contribution >= 4 is 0 Å². The van der Waals surface area contributed by atoms with Crippen LogP contribution in [0.3, 0.4) is 0 Å². The van der Waals surface area contributed by atoms with Crippen molar-refractivity contribution in [2.45, 2.75) is 31.9 Å². The molecule has 2 atom stereocenters. The molecule has 0 bridgehead atoms. The summed E-state index contributed by atoms with van der Waals surface area (Å²) in [7, 11) is 1.78. The molecule has 1 aromatic heterocycles. The number of hydrogen-bond acceptors (Lipinski definition) is 5. The summed E-state index contributed by atoms with van der Waals surface area (Å²) in [5, 5.41) is 7.26. The lowest BCUT2D eigenvalue weighted by molar-refractivity contribution is 0.107. The van der Waals surface area contributed by atoms with Gasteiger partial charge in [0.1, 0.15) is 5.82 Å². The number of ether oxygens (including phenoxy) is 2. The molecule has 6 nitrogen and oxygen atoms in total. The monoisotopic (exact) mass is 278 g/mol. The van der Waals surface area contributed by atoms with E-state index in [1.54, 1.807) is 7.11 Å². The van der Waals surface area contributed by atoms with E-state index in [1.165, 1.54) is 5.57 Å². The Morgan fingerprint density at radius 2 is 2.45 bits per heavy atom. The summed E-state index contributed by atoms with van der Waals surface area (Å²) in [6.07, 6.45) is 4.51. The van der Waals surface area contributed by atoms with Crippen LogP contribution >= 0.6 is 0 Å². The van der Waals surface area contributed by atoms with Crippen LogP contribution in [0.4, 0.5) is 0 Å². The van der Waals surface area contributed by atoms with Crippen LogP contribution in [0.1, 0.15) is 30.5 Å². The van der Waals surface area contributed by atoms with Gasteiger partial charge < -0.3 is 9.47 Å². The summed E-state index contributed by atoms with van der Waals surface area (Å²) in [6, 6.07) is 0.229. The molecule has 0 amide bonds. The van der Waals surface area contributed by atoms with E-state index in [-0.39, 0.29) is 12.1 Å². The molecule has 0 radical (unpaired) electrons. The summed E-state index contributed by atoms with van der Waals surface area (Å²) in [5.41, 5.74) is 1.35. The first-order chi connectivity index (χ1) is 9.76. The van der Waals surface area contributed by atoms with E-state index in [0.29, 0.717) is 0 Å². The third-order valence-corrected chi connectivity index (χ3v) is 4.00. The van der Waals surface area contributed by atoms with Crippen LogP contribution in [0.25, 0.3) is 0 Å². The van der Waals surface area contributed by atoms with Gasteiger partial charge in [0.05, 0.1) is 25.4 Å². The largest absolute Gasteiger partial charge is 0.380 e. The number of aromatic nitrogens is 3. The quantitative estimate of drug-likeness (QED) is 0.839. The maximum absolute atomic E-state index is 5.53. The fraction of sp³-hybridized carbons (Fsp3) is 0.714. The fourth-order valence-electron chi connectivity index (χ4n) is 2.96. The van der Waals surface area contributed by atoms with Crippen molar-refractivity contribution in [2.75, 3.05) is 33.4 Å². The Bertz CT molecular complexity index is 485. The summed E-state index contributed by atoms with van der Waals surface area (Å²) in [4.78, 5) is 6.89. The minimum absolute atomic E-state index is 0.229. The molecule has 20 heavy (non-hydrogen) atoms. The standard InChI is InChI=1S/C14H22N4O2/c1-10-15-14(17-16-10)13-6-12(19-2)8-18(13)7-11-4-3-5-20-9-11/h4,12-13H,3,5-9H2,1-2H3,(H,15,16,17)/t12-,13+/m1/s1. The van der Waals surface area contributed by atoms with Gasteiger partial charge in [0.15, 0.2) is 5.82 Å². The van der Waals surface area contributed by atoms with E-state index in [2.05, 4.69) is 26.2 Å². The van der Waals surface area contributed by atoms with Crippen molar-refractivity contribution in [1.29, 1.82) is 0 Å². The van der Waals surface area contributed by atoms with Crippen molar-refractivity contribution in [3.63, 3.8) is 0 Å². The van der Waals surface area contributed by atoms with E-state index in [4.69, 9.17) is 9.47 Å². The van der Waals surface area contributed by atoms with Gasteiger partial charge in [0.25, 0.3) is 0 Å². The van der Waals surface area contributed by atoms with Crippen LogP contribution in [-0.4, -0.2) is 59.6 Å². The van der Waals surface area contributed by atoms with E-state index < -0.39 is 0 Å². The Morgan fingerprint density at radius 1 is 1.55 bits per heavy atom. The normalized spacial score (nSPS) is 27.8. The van der Waals surface area contributed by atoms with Gasteiger partial charge in [0, 0.05) is 20.2 Å². The molecule has 0 spiro atoms. The van der Waals surface area contributed by atoms with E-state index in [1.807, 2.05) is 6.92 Å². The Balaban J connectivity index is 1.74. The van der Waals surface area contributed by atoms with Crippen LogP contribution in [0.2, 0.25) is 0 Å². The van der Waals surface area contributed by atoms with Gasteiger partial charge in [-0.1, -0.05) is 6.08 Å². The molecule has 6 heteroatoms. The minimum atomic E-state index is 0.229. The topological polar surface area (TPSA) is 63.3 Å². The maximum atomic E-state index is 5.53. The molecule has 1 saturated heterocycles. The van der Waals surface area contributed by atoms with Crippen LogP contribution < -0.4 is 0 Å². The minimum Gasteiger partial charge on any atom is -0.380 e. The molecule has 3 heterocycles. The Kier molecular flexibility index (Phi) is 4.14. The Morgan fingerprint density at radius 3 is 3.10 bits per heavy atom. The van der Waals surface area contributed by atoms with Gasteiger partial charge in [-0.05, 0) is 25.3 Å². The summed E-state index contributed by atoms with van der Waals surface area (Å²) >= 11 is 0. The third-order valence-electron chi connectivity index (χ3n) is 4.00. The second-order valence-electron chi connectivity index (χ2n) is 5.52. The van der Waals surface area contributed by atoms with Crippen molar-refractivity contribution in [3.8, 4) is 0 Å². The molecular weight excluding hydrogens is 256 g/mol. The van der Waals surface area contributed by atoms with Gasteiger partial charge in [-0.2, -0.15) is 5.10 Å². The number of methoxy groups -OCH3 is 1. The zero-order chi connectivity index (χ0) is 13.9. The first kappa shape index (κ1) is 13.7. The van der Waals surface area contributed by atoms with Crippen molar-refractivity contribution in [3.05, 3.63) is 23.3 Å². The predicted molar refractivity (Wildman–Crippen MR) is 74.4 cm³/mol. The molecule has 110 valence electrons. The van der Waals surface area contributed by atoms with Gasteiger partial charge in [0.2, 0.25) is 0 Å². The molecule has 2 aliphatic rings. The molecule has 1 aromatic rings. The average Bonchev–Trinajstić information content (AvgIpc) is 3.06. The number of aryl methyl sites for hydroxylation is 1. The molecule has 1 fully saturated rings. The lowest BCUT2D eigenvalue weighted by Gasteiger charge is -2.24. The zero-order valence-electron chi connectivity index (χ0n) is 12.1. The highest BCUT2D eigenvalue weighted by molar-refractivity contribution is 5.11. The zero-order valence-corrected chi connectivity index (χ0v) is 12.1. The second kappa shape index (κ2) is 6.03. The van der Waals surface area contributed by atoms with E-state index in [9.17, 15) is 0 Å². The molecular formula is C14H22N4O2. The van der Waals surface area contributed by atoms with Crippen molar-refractivity contribution < 1.29 is 9.47 Å². The van der Waals surface area contributed by atoms with Gasteiger partial charge in [-0.15, -0.1) is 0 Å². The Labute approximate surface area is 119 Å². The number of aromatic amines is 1. The number of likely N-dealkylation sites (tertiary alicyclic amines) is 1. The van der Waals surface area contributed by atoms with Crippen molar-refractivity contribution in [2.24, 2.45) is 0 Å². The lowest BCUT2D eigenvalue weighted by atomic mass is 10.1. The number of hydrogen-bond donors (Lipinski definition) is 1. The van der Waals surface area contributed by atoms with Gasteiger partial charge in [-0.25, -0.2) is 4.98 Å². The average molecular weight is 278 g/mol. The molecule has 0 saturated carbocycles. The predicted octanol–water partition coefficient (Wildman–Crippen LogP) is 1.22. The highest BCUT2D eigenvalue weighted by atomic mass is 16.5. The molecule has 0 aliphatic carbocycles. The Hall–Kier alpha value is -1.24. The SMILES string of the molecule is CO[C@@H]1C[C@@H](c2n[nH]c(C)n2)N(CC2=CCCOC2)C1. The van der Waals surface area contributed by atoms with Crippen LogP contribution in [0.5, 0.6) is 0 Å². The van der Waals surface area contributed by atoms with E-state index >= 15 is 0 Å². The van der Waals surface area contributed by atoms with Crippen LogP contribution in [0.15, 0.2) is 11.6 Å². The van der Waals surface area contributed by atoms with Gasteiger partial charge in [-0.3, -0.25) is 10.00 Å². The summed E-state index contributed by atoms with van der Waals surface area (Å²) < 4.78 is 11.1. The van der Waals surface area contributed by atoms with Crippen LogP contribution in [-0.2, 0) is 9.47 Å². The number of nitrogens with zero attached hydrogens (tertiary/aromatic N) is 3. The summed E-state index contributed by atoms with van der Waals surface area (Å²) in [6.45, 7) is 5.35. The van der Waals surface area contributed by atoms with Gasteiger partial charge >= 0.3 is 0 Å². The fourth-order valence-corrected chi connectivity index (χ4v) is 2.96. The lowest BCUT2D eigenvalue weighted by Crippen LogP contribution is -2.29. The highest BCUT2D eigenvalue weighted by Crippen LogP contribution is 2.32. The number of nitrogens with one attached hydrogen (secondary N) is 1. The van der Waals surface area contributed by atoms with Crippen LogP contribution in [0, 0.1) is 6.92 Å².